The van der Waals surface area contributed by atoms with Crippen LogP contribution < -0.4 is 9.47 Å². The second kappa shape index (κ2) is 9.37. The molecule has 3 heterocycles. The topological polar surface area (TPSA) is 95.3 Å². The van der Waals surface area contributed by atoms with Gasteiger partial charge in [0.25, 0.3) is 11.9 Å². The van der Waals surface area contributed by atoms with Crippen LogP contribution in [0, 0.1) is 13.8 Å². The Morgan fingerprint density at radius 3 is 2.67 bits per heavy atom. The smallest absolute Gasteiger partial charge is 0.257 e. The predicted octanol–water partition coefficient (Wildman–Crippen LogP) is 3.69. The third-order valence-electron chi connectivity index (χ3n) is 5.17. The number of carbonyl (C=O) groups is 1. The highest BCUT2D eigenvalue weighted by Crippen LogP contribution is 2.32. The Morgan fingerprint density at radius 2 is 1.97 bits per heavy atom. The average Bonchev–Trinajstić information content (AvgIpc) is 3.42. The number of amides is 1. The summed E-state index contributed by atoms with van der Waals surface area (Å²) in [5.74, 6) is 1.56. The maximum absolute atomic E-state index is 13.0. The molecular weight excluding hydrogens is 440 g/mol. The Kier molecular flexibility index (Phi) is 6.36. The highest BCUT2D eigenvalue weighted by atomic mass is 32.1. The van der Waals surface area contributed by atoms with E-state index in [0.717, 1.165) is 16.3 Å². The van der Waals surface area contributed by atoms with Gasteiger partial charge in [-0.05, 0) is 38.1 Å². The molecule has 0 spiro atoms. The van der Waals surface area contributed by atoms with Gasteiger partial charge in [-0.1, -0.05) is 0 Å². The van der Waals surface area contributed by atoms with Crippen LogP contribution in [0.1, 0.15) is 26.8 Å². The van der Waals surface area contributed by atoms with Crippen LogP contribution in [0.4, 0.5) is 0 Å². The van der Waals surface area contributed by atoms with Gasteiger partial charge in [-0.3, -0.25) is 4.79 Å². The van der Waals surface area contributed by atoms with Gasteiger partial charge in [0.1, 0.15) is 11.5 Å². The van der Waals surface area contributed by atoms with Gasteiger partial charge in [-0.25, -0.2) is 19.6 Å². The Balaban J connectivity index is 1.63. The number of nitrogens with zero attached hydrogens (tertiary/aromatic N) is 6. The van der Waals surface area contributed by atoms with Gasteiger partial charge < -0.3 is 14.4 Å². The van der Waals surface area contributed by atoms with Gasteiger partial charge in [0.2, 0.25) is 0 Å². The van der Waals surface area contributed by atoms with E-state index >= 15 is 0 Å². The van der Waals surface area contributed by atoms with Gasteiger partial charge >= 0.3 is 0 Å². The molecule has 0 aliphatic heterocycles. The third-order valence-corrected chi connectivity index (χ3v) is 5.99. The normalized spacial score (nSPS) is 10.8. The molecule has 0 unspecified atom stereocenters. The summed E-state index contributed by atoms with van der Waals surface area (Å²) in [4.78, 5) is 28.1. The summed E-state index contributed by atoms with van der Waals surface area (Å²) in [5.41, 5.74) is 3.41. The van der Waals surface area contributed by atoms with E-state index in [1.54, 1.807) is 60.6 Å². The minimum atomic E-state index is -0.143. The van der Waals surface area contributed by atoms with Crippen LogP contribution in [0.25, 0.3) is 17.2 Å². The van der Waals surface area contributed by atoms with E-state index in [0.29, 0.717) is 40.9 Å². The van der Waals surface area contributed by atoms with Crippen molar-refractivity contribution >= 4 is 17.2 Å². The largest absolute Gasteiger partial charge is 0.497 e. The third kappa shape index (κ3) is 4.56. The van der Waals surface area contributed by atoms with Crippen LogP contribution in [0.2, 0.25) is 0 Å². The van der Waals surface area contributed by atoms with Gasteiger partial charge in [0.05, 0.1) is 54.6 Å². The number of thiazole rings is 1. The fourth-order valence-corrected chi connectivity index (χ4v) is 4.04. The Labute approximate surface area is 195 Å². The fourth-order valence-electron chi connectivity index (χ4n) is 3.44. The Hall–Kier alpha value is -3.79. The molecule has 0 saturated carbocycles. The maximum atomic E-state index is 13.0. The van der Waals surface area contributed by atoms with Crippen LogP contribution in [-0.2, 0) is 6.54 Å². The summed E-state index contributed by atoms with van der Waals surface area (Å²) in [6.45, 7) is 4.19. The van der Waals surface area contributed by atoms with Crippen molar-refractivity contribution in [2.24, 2.45) is 0 Å². The molecule has 3 aromatic heterocycles. The average molecular weight is 465 g/mol. The molecule has 9 nitrogen and oxygen atoms in total. The summed E-state index contributed by atoms with van der Waals surface area (Å²) < 4.78 is 12.4. The van der Waals surface area contributed by atoms with Crippen molar-refractivity contribution < 1.29 is 14.3 Å². The molecule has 0 aliphatic carbocycles. The first-order valence-corrected chi connectivity index (χ1v) is 11.1. The SMILES string of the molecule is COc1ccc(OC)c(-c2ccnc(-n3ncc(C(=O)N(C)Cc4csc(C)n4)c3C)n2)c1. The molecule has 0 radical (unpaired) electrons. The lowest BCUT2D eigenvalue weighted by molar-refractivity contribution is 0.0783. The highest BCUT2D eigenvalue weighted by Gasteiger charge is 2.21. The van der Waals surface area contributed by atoms with Gasteiger partial charge in [-0.15, -0.1) is 11.3 Å². The lowest BCUT2D eigenvalue weighted by atomic mass is 10.1. The summed E-state index contributed by atoms with van der Waals surface area (Å²) in [6, 6.07) is 7.29. The molecular formula is C23H24N6O3S. The van der Waals surface area contributed by atoms with Gasteiger partial charge in [-0.2, -0.15) is 5.10 Å². The van der Waals surface area contributed by atoms with Crippen LogP contribution in [0.5, 0.6) is 11.5 Å². The summed E-state index contributed by atoms with van der Waals surface area (Å²) in [6.07, 6.45) is 3.19. The second-order valence-electron chi connectivity index (χ2n) is 7.38. The summed E-state index contributed by atoms with van der Waals surface area (Å²) in [5, 5.41) is 7.32. The first kappa shape index (κ1) is 22.4. The fraction of sp³-hybridized carbons (Fsp3) is 0.261. The van der Waals surface area contributed by atoms with Crippen molar-refractivity contribution in [3.63, 3.8) is 0 Å². The number of hydrogen-bond donors (Lipinski definition) is 0. The zero-order chi connectivity index (χ0) is 23.5. The van der Waals surface area contributed by atoms with Crippen LogP contribution in [0.3, 0.4) is 0 Å². The van der Waals surface area contributed by atoms with Crippen LogP contribution >= 0.6 is 11.3 Å². The molecule has 1 aromatic carbocycles. The number of rotatable bonds is 7. The lowest BCUT2D eigenvalue weighted by Gasteiger charge is -2.15. The van der Waals surface area contributed by atoms with E-state index in [2.05, 4.69) is 20.1 Å². The van der Waals surface area contributed by atoms with Crippen LogP contribution in [0.15, 0.2) is 42.0 Å². The lowest BCUT2D eigenvalue weighted by Crippen LogP contribution is -2.26. The second-order valence-corrected chi connectivity index (χ2v) is 8.44. The maximum Gasteiger partial charge on any atom is 0.257 e. The molecule has 1 amide bonds. The quantitative estimate of drug-likeness (QED) is 0.412. The zero-order valence-corrected chi connectivity index (χ0v) is 19.9. The minimum absolute atomic E-state index is 0.143. The molecule has 0 N–H and O–H groups in total. The number of aryl methyl sites for hydroxylation is 1. The monoisotopic (exact) mass is 464 g/mol. The van der Waals surface area contributed by atoms with E-state index < -0.39 is 0 Å². The van der Waals surface area contributed by atoms with Gasteiger partial charge in [0, 0.05) is 24.2 Å². The standard InChI is InChI=1S/C23H24N6O3S/c1-14-19(22(30)28(3)12-16-13-33-15(2)26-16)11-25-29(14)23-24-9-8-20(27-23)18-10-17(31-4)6-7-21(18)32-5/h6-11,13H,12H2,1-5H3. The summed E-state index contributed by atoms with van der Waals surface area (Å²) >= 11 is 1.56. The van der Waals surface area contributed by atoms with E-state index in [9.17, 15) is 4.79 Å². The molecule has 0 atom stereocenters. The molecule has 4 aromatic rings. The Bertz CT molecular complexity index is 1300. The Morgan fingerprint density at radius 1 is 1.15 bits per heavy atom. The molecule has 10 heteroatoms. The van der Waals surface area contributed by atoms with E-state index in [4.69, 9.17) is 9.47 Å². The number of ether oxygens (including phenoxy) is 2. The number of hydrogen-bond acceptors (Lipinski definition) is 8. The number of benzene rings is 1. The highest BCUT2D eigenvalue weighted by molar-refractivity contribution is 7.09. The molecule has 0 bridgehead atoms. The van der Waals surface area contributed by atoms with Crippen molar-refractivity contribution in [3.8, 4) is 28.7 Å². The molecule has 4 rings (SSSR count). The van der Waals surface area contributed by atoms with E-state index in [-0.39, 0.29) is 5.91 Å². The molecule has 33 heavy (non-hydrogen) atoms. The number of carbonyl (C=O) groups excluding carboxylic acids is 1. The predicted molar refractivity (Wildman–Crippen MR) is 125 cm³/mol. The van der Waals surface area contributed by atoms with Crippen molar-refractivity contribution in [1.82, 2.24) is 29.6 Å². The number of methoxy groups -OCH3 is 2. The van der Waals surface area contributed by atoms with E-state index in [1.807, 2.05) is 37.4 Å². The molecule has 170 valence electrons. The van der Waals surface area contributed by atoms with Crippen molar-refractivity contribution in [2.75, 3.05) is 21.3 Å². The molecule has 0 saturated heterocycles. The van der Waals surface area contributed by atoms with Crippen LogP contribution in [-0.4, -0.2) is 56.8 Å². The molecule has 0 fully saturated rings. The first-order valence-electron chi connectivity index (χ1n) is 10.2. The summed E-state index contributed by atoms with van der Waals surface area (Å²) in [7, 11) is 4.96. The minimum Gasteiger partial charge on any atom is -0.497 e. The van der Waals surface area contributed by atoms with Gasteiger partial charge in [0.15, 0.2) is 0 Å². The van der Waals surface area contributed by atoms with Crippen molar-refractivity contribution in [1.29, 1.82) is 0 Å². The van der Waals surface area contributed by atoms with E-state index in [1.165, 1.54) is 0 Å². The zero-order valence-electron chi connectivity index (χ0n) is 19.1. The molecule has 0 aliphatic rings. The van der Waals surface area contributed by atoms with Crippen molar-refractivity contribution in [2.45, 2.75) is 20.4 Å². The first-order chi connectivity index (χ1) is 15.9. The van der Waals surface area contributed by atoms with Crippen molar-refractivity contribution in [3.05, 3.63) is 64.0 Å². The number of aromatic nitrogens is 5.